The van der Waals surface area contributed by atoms with Crippen LogP contribution in [0.25, 0.3) is 0 Å². The van der Waals surface area contributed by atoms with Gasteiger partial charge in [-0.15, -0.1) is 0 Å². The summed E-state index contributed by atoms with van der Waals surface area (Å²) in [5, 5.41) is 5.92. The molecule has 0 radical (unpaired) electrons. The molecule has 0 atom stereocenters. The Balaban J connectivity index is 2.10. The Morgan fingerprint density at radius 1 is 1.44 bits per heavy atom. The molecule has 1 heterocycles. The Morgan fingerprint density at radius 3 is 2.83 bits per heavy atom. The Kier molecular flexibility index (Phi) is 3.65. The fourth-order valence-corrected chi connectivity index (χ4v) is 2.42. The van der Waals surface area contributed by atoms with E-state index in [1.165, 1.54) is 30.6 Å². The standard InChI is InChI=1S/C10H9ClFN3O2S/c11-9-3-7(1-2-10(9)12)4-15-18(16,17)8-5-13-14-6-8/h1-3,5-6,15H,4H2,(H,13,14). The number of benzene rings is 1. The van der Waals surface area contributed by atoms with Gasteiger partial charge < -0.3 is 0 Å². The number of hydrogen-bond donors (Lipinski definition) is 2. The zero-order valence-electron chi connectivity index (χ0n) is 9.02. The molecule has 5 nitrogen and oxygen atoms in total. The first-order valence-electron chi connectivity index (χ1n) is 4.91. The van der Waals surface area contributed by atoms with E-state index in [9.17, 15) is 12.8 Å². The van der Waals surface area contributed by atoms with Crippen LogP contribution in [0, 0.1) is 5.82 Å². The molecule has 8 heteroatoms. The van der Waals surface area contributed by atoms with E-state index in [4.69, 9.17) is 11.6 Å². The summed E-state index contributed by atoms with van der Waals surface area (Å²) in [4.78, 5) is 0.0377. The van der Waals surface area contributed by atoms with Crippen LogP contribution in [0.4, 0.5) is 4.39 Å². The molecule has 0 spiro atoms. The number of aromatic amines is 1. The van der Waals surface area contributed by atoms with Crippen molar-refractivity contribution in [1.29, 1.82) is 0 Å². The van der Waals surface area contributed by atoms with Crippen molar-refractivity contribution in [3.05, 3.63) is 47.0 Å². The molecule has 0 aliphatic carbocycles. The first-order valence-corrected chi connectivity index (χ1v) is 6.77. The van der Waals surface area contributed by atoms with Gasteiger partial charge >= 0.3 is 0 Å². The van der Waals surface area contributed by atoms with Gasteiger partial charge in [-0.1, -0.05) is 17.7 Å². The van der Waals surface area contributed by atoms with Crippen molar-refractivity contribution in [2.75, 3.05) is 0 Å². The fraction of sp³-hybridized carbons (Fsp3) is 0.100. The number of rotatable bonds is 4. The summed E-state index contributed by atoms with van der Waals surface area (Å²) in [6.07, 6.45) is 2.46. The maximum Gasteiger partial charge on any atom is 0.243 e. The smallest absolute Gasteiger partial charge is 0.243 e. The summed E-state index contributed by atoms with van der Waals surface area (Å²) in [7, 11) is -3.62. The number of hydrogen-bond acceptors (Lipinski definition) is 3. The quantitative estimate of drug-likeness (QED) is 0.899. The lowest BCUT2D eigenvalue weighted by Crippen LogP contribution is -2.22. The molecule has 0 unspecified atom stereocenters. The van der Waals surface area contributed by atoms with E-state index in [1.807, 2.05) is 0 Å². The zero-order chi connectivity index (χ0) is 13.2. The van der Waals surface area contributed by atoms with Gasteiger partial charge in [-0.2, -0.15) is 5.10 Å². The first-order chi connectivity index (χ1) is 8.49. The molecule has 2 aromatic rings. The highest BCUT2D eigenvalue weighted by molar-refractivity contribution is 7.89. The lowest BCUT2D eigenvalue weighted by molar-refractivity contribution is 0.581. The molecule has 2 N–H and O–H groups in total. The van der Waals surface area contributed by atoms with Gasteiger partial charge in [0.1, 0.15) is 10.7 Å². The molecule has 0 saturated heterocycles. The molecule has 0 aliphatic rings. The molecule has 0 amide bonds. The van der Waals surface area contributed by atoms with Crippen LogP contribution in [-0.2, 0) is 16.6 Å². The minimum atomic E-state index is -3.62. The summed E-state index contributed by atoms with van der Waals surface area (Å²) >= 11 is 5.60. The Morgan fingerprint density at radius 2 is 2.22 bits per heavy atom. The van der Waals surface area contributed by atoms with Crippen LogP contribution >= 0.6 is 11.6 Å². The molecule has 0 fully saturated rings. The van der Waals surface area contributed by atoms with E-state index < -0.39 is 15.8 Å². The van der Waals surface area contributed by atoms with Crippen LogP contribution in [0.5, 0.6) is 0 Å². The second-order valence-corrected chi connectivity index (χ2v) is 5.68. The molecular weight excluding hydrogens is 281 g/mol. The molecule has 0 saturated carbocycles. The maximum absolute atomic E-state index is 12.9. The second-order valence-electron chi connectivity index (χ2n) is 3.51. The van der Waals surface area contributed by atoms with Gasteiger partial charge in [0.05, 0.1) is 11.2 Å². The number of nitrogens with zero attached hydrogens (tertiary/aromatic N) is 1. The molecule has 1 aromatic carbocycles. The van der Waals surface area contributed by atoms with Gasteiger partial charge in [0, 0.05) is 12.7 Å². The molecule has 2 rings (SSSR count). The maximum atomic E-state index is 12.9. The van der Waals surface area contributed by atoms with Crippen molar-refractivity contribution in [3.63, 3.8) is 0 Å². The molecule has 0 bridgehead atoms. The highest BCUT2D eigenvalue weighted by Gasteiger charge is 2.14. The van der Waals surface area contributed by atoms with Crippen molar-refractivity contribution in [3.8, 4) is 0 Å². The van der Waals surface area contributed by atoms with Crippen molar-refractivity contribution >= 4 is 21.6 Å². The van der Waals surface area contributed by atoms with Crippen molar-refractivity contribution in [1.82, 2.24) is 14.9 Å². The average Bonchev–Trinajstić information content (AvgIpc) is 2.85. The lowest BCUT2D eigenvalue weighted by atomic mass is 10.2. The Bertz CT molecular complexity index is 643. The summed E-state index contributed by atoms with van der Waals surface area (Å²) in [5.41, 5.74) is 0.563. The van der Waals surface area contributed by atoms with E-state index in [-0.39, 0.29) is 16.5 Å². The number of H-pyrrole nitrogens is 1. The minimum absolute atomic E-state index is 0.0213. The zero-order valence-corrected chi connectivity index (χ0v) is 10.6. The van der Waals surface area contributed by atoms with Crippen LogP contribution in [0.3, 0.4) is 0 Å². The molecule has 96 valence electrons. The summed E-state index contributed by atoms with van der Waals surface area (Å²) in [5.74, 6) is -0.543. The third kappa shape index (κ3) is 2.87. The topological polar surface area (TPSA) is 74.8 Å². The molecular formula is C10H9ClFN3O2S. The number of sulfonamides is 1. The van der Waals surface area contributed by atoms with Gasteiger partial charge in [-0.3, -0.25) is 5.10 Å². The Labute approximate surface area is 108 Å². The van der Waals surface area contributed by atoms with Crippen LogP contribution in [0.15, 0.2) is 35.5 Å². The van der Waals surface area contributed by atoms with E-state index >= 15 is 0 Å². The third-order valence-electron chi connectivity index (χ3n) is 2.23. The number of nitrogens with one attached hydrogen (secondary N) is 2. The third-order valence-corrected chi connectivity index (χ3v) is 3.89. The van der Waals surface area contributed by atoms with E-state index in [2.05, 4.69) is 14.9 Å². The minimum Gasteiger partial charge on any atom is -0.284 e. The van der Waals surface area contributed by atoms with Crippen LogP contribution in [0.2, 0.25) is 5.02 Å². The molecule has 0 aliphatic heterocycles. The SMILES string of the molecule is O=S(=O)(NCc1ccc(F)c(Cl)c1)c1cn[nH]c1. The van der Waals surface area contributed by atoms with E-state index in [0.29, 0.717) is 5.56 Å². The largest absolute Gasteiger partial charge is 0.284 e. The predicted octanol–water partition coefficient (Wildman–Crippen LogP) is 1.68. The normalized spacial score (nSPS) is 11.7. The summed E-state index contributed by atoms with van der Waals surface area (Å²) < 4.78 is 38.7. The van der Waals surface area contributed by atoms with Crippen LogP contribution < -0.4 is 4.72 Å². The highest BCUT2D eigenvalue weighted by Crippen LogP contribution is 2.16. The van der Waals surface area contributed by atoms with Crippen LogP contribution in [0.1, 0.15) is 5.56 Å². The highest BCUT2D eigenvalue weighted by atomic mass is 35.5. The van der Waals surface area contributed by atoms with E-state index in [0.717, 1.165) is 0 Å². The van der Waals surface area contributed by atoms with Crippen molar-refractivity contribution in [2.45, 2.75) is 11.4 Å². The van der Waals surface area contributed by atoms with Crippen molar-refractivity contribution in [2.24, 2.45) is 0 Å². The molecule has 18 heavy (non-hydrogen) atoms. The molecule has 1 aromatic heterocycles. The van der Waals surface area contributed by atoms with Gasteiger partial charge in [0.2, 0.25) is 10.0 Å². The summed E-state index contributed by atoms with van der Waals surface area (Å²) in [6.45, 7) is 0.0213. The number of halogens is 2. The second kappa shape index (κ2) is 5.05. The van der Waals surface area contributed by atoms with Gasteiger partial charge in [-0.25, -0.2) is 17.5 Å². The van der Waals surface area contributed by atoms with Gasteiger partial charge in [0.15, 0.2) is 0 Å². The lowest BCUT2D eigenvalue weighted by Gasteiger charge is -2.05. The van der Waals surface area contributed by atoms with Gasteiger partial charge in [0.25, 0.3) is 0 Å². The predicted molar refractivity (Wildman–Crippen MR) is 64.0 cm³/mol. The Hall–Kier alpha value is -1.44. The fourth-order valence-electron chi connectivity index (χ4n) is 1.30. The average molecular weight is 290 g/mol. The van der Waals surface area contributed by atoms with Gasteiger partial charge in [-0.05, 0) is 17.7 Å². The van der Waals surface area contributed by atoms with Crippen molar-refractivity contribution < 1.29 is 12.8 Å². The van der Waals surface area contributed by atoms with Crippen LogP contribution in [-0.4, -0.2) is 18.6 Å². The van der Waals surface area contributed by atoms with E-state index in [1.54, 1.807) is 0 Å². The number of aromatic nitrogens is 2. The monoisotopic (exact) mass is 289 g/mol. The summed E-state index contributed by atoms with van der Waals surface area (Å²) in [6, 6.07) is 4.01. The first kappa shape index (κ1) is 13.0.